The van der Waals surface area contributed by atoms with Crippen molar-refractivity contribution in [3.05, 3.63) is 62.5 Å². The molecule has 2 aromatic rings. The number of carbonyl (C=O) groups excluding carboxylic acids is 1. The number of rotatable bonds is 7. The second kappa shape index (κ2) is 10.6. The van der Waals surface area contributed by atoms with E-state index in [1.54, 1.807) is 29.5 Å². The number of aliphatic carboxylic acids is 1. The van der Waals surface area contributed by atoms with Crippen molar-refractivity contribution >= 4 is 40.7 Å². The zero-order valence-corrected chi connectivity index (χ0v) is 19.7. The number of nitrogens with one attached hydrogen (secondary N) is 1. The lowest BCUT2D eigenvalue weighted by molar-refractivity contribution is -0.149. The predicted octanol–water partition coefficient (Wildman–Crippen LogP) is 2.63. The number of ether oxygens (including phenoxy) is 2. The smallest absolute Gasteiger partial charge is 0.338 e. The summed E-state index contributed by atoms with van der Waals surface area (Å²) in [5.74, 6) is -1.92. The standard InChI is InChI=1S/C22H22ClFN4O5S/c1-2-33-22(31)17-15(10-28-6-7-32-11-16(28)21(29)30)26-19(20-25-5-8-34-20)27-18(17)12-3-4-13(23)14(24)9-12/h3-5,8-9,16,18H,2,6-7,10-11H2,1H3,(H,26,27)(H,29,30)/t16-,18?/m0/s1. The predicted molar refractivity (Wildman–Crippen MR) is 123 cm³/mol. The number of morpholine rings is 1. The van der Waals surface area contributed by atoms with Crippen molar-refractivity contribution in [3.8, 4) is 0 Å². The van der Waals surface area contributed by atoms with Crippen molar-refractivity contribution in [2.24, 2.45) is 4.99 Å². The molecule has 3 heterocycles. The quantitative estimate of drug-likeness (QED) is 0.549. The molecule has 1 aromatic carbocycles. The number of amidine groups is 1. The maximum atomic E-state index is 14.4. The number of aromatic nitrogens is 1. The van der Waals surface area contributed by atoms with Gasteiger partial charge in [-0.05, 0) is 24.6 Å². The molecule has 0 aliphatic carbocycles. The third-order valence-electron chi connectivity index (χ3n) is 5.40. The van der Waals surface area contributed by atoms with Crippen molar-refractivity contribution in [1.29, 1.82) is 0 Å². The van der Waals surface area contributed by atoms with Gasteiger partial charge < -0.3 is 19.9 Å². The molecule has 4 rings (SSSR count). The Labute approximate surface area is 203 Å². The van der Waals surface area contributed by atoms with Crippen LogP contribution in [0.3, 0.4) is 0 Å². The van der Waals surface area contributed by atoms with E-state index in [4.69, 9.17) is 21.1 Å². The molecule has 2 aliphatic heterocycles. The van der Waals surface area contributed by atoms with Gasteiger partial charge in [-0.3, -0.25) is 14.7 Å². The van der Waals surface area contributed by atoms with Gasteiger partial charge >= 0.3 is 11.9 Å². The van der Waals surface area contributed by atoms with Crippen molar-refractivity contribution < 1.29 is 28.6 Å². The van der Waals surface area contributed by atoms with E-state index in [1.165, 1.54) is 23.5 Å². The Morgan fingerprint density at radius 1 is 1.44 bits per heavy atom. The first kappa shape index (κ1) is 24.3. The van der Waals surface area contributed by atoms with E-state index in [9.17, 15) is 19.1 Å². The van der Waals surface area contributed by atoms with Crippen molar-refractivity contribution in [2.45, 2.75) is 19.0 Å². The number of carboxylic acids is 1. The normalized spacial score (nSPS) is 21.1. The van der Waals surface area contributed by atoms with Crippen LogP contribution < -0.4 is 5.32 Å². The molecule has 34 heavy (non-hydrogen) atoms. The zero-order valence-electron chi connectivity index (χ0n) is 18.2. The molecule has 0 spiro atoms. The summed E-state index contributed by atoms with van der Waals surface area (Å²) in [6, 6.07) is 2.42. The summed E-state index contributed by atoms with van der Waals surface area (Å²) in [4.78, 5) is 35.6. The van der Waals surface area contributed by atoms with Gasteiger partial charge in [0.15, 0.2) is 10.8 Å². The van der Waals surface area contributed by atoms with Gasteiger partial charge in [-0.15, -0.1) is 11.3 Å². The van der Waals surface area contributed by atoms with Crippen LogP contribution >= 0.6 is 22.9 Å². The lowest BCUT2D eigenvalue weighted by Crippen LogP contribution is -2.52. The van der Waals surface area contributed by atoms with Crippen LogP contribution in [0.4, 0.5) is 4.39 Å². The summed E-state index contributed by atoms with van der Waals surface area (Å²) in [6.07, 6.45) is 1.62. The summed E-state index contributed by atoms with van der Waals surface area (Å²) in [5.41, 5.74) is 0.974. The van der Waals surface area contributed by atoms with Crippen LogP contribution in [0.15, 0.2) is 46.0 Å². The molecule has 2 atom stereocenters. The number of nitrogens with zero attached hydrogens (tertiary/aromatic N) is 3. The number of halogens is 2. The minimum Gasteiger partial charge on any atom is -0.480 e. The van der Waals surface area contributed by atoms with Gasteiger partial charge in [0.25, 0.3) is 0 Å². The molecule has 1 fully saturated rings. The number of thiazole rings is 1. The molecule has 2 aliphatic rings. The monoisotopic (exact) mass is 508 g/mol. The summed E-state index contributed by atoms with van der Waals surface area (Å²) in [7, 11) is 0. The van der Waals surface area contributed by atoms with E-state index >= 15 is 0 Å². The van der Waals surface area contributed by atoms with Crippen LogP contribution in [0.5, 0.6) is 0 Å². The number of hydrogen-bond donors (Lipinski definition) is 2. The number of carboxylic acid groups (broad SMARTS) is 1. The highest BCUT2D eigenvalue weighted by molar-refractivity contribution is 7.11. The van der Waals surface area contributed by atoms with Gasteiger partial charge in [-0.2, -0.15) is 0 Å². The van der Waals surface area contributed by atoms with Gasteiger partial charge in [0.2, 0.25) is 0 Å². The Morgan fingerprint density at radius 3 is 2.94 bits per heavy atom. The summed E-state index contributed by atoms with van der Waals surface area (Å²) in [5, 5.41) is 15.1. The van der Waals surface area contributed by atoms with Crippen LogP contribution in [0, 0.1) is 5.82 Å². The first-order valence-electron chi connectivity index (χ1n) is 10.5. The molecule has 1 saturated heterocycles. The number of esters is 1. The van der Waals surface area contributed by atoms with Crippen LogP contribution in [0.1, 0.15) is 23.5 Å². The lowest BCUT2D eigenvalue weighted by Gasteiger charge is -2.35. The van der Waals surface area contributed by atoms with E-state index in [1.807, 2.05) is 0 Å². The van der Waals surface area contributed by atoms with Crippen LogP contribution in [0.2, 0.25) is 5.02 Å². The minimum absolute atomic E-state index is 0.0244. The highest BCUT2D eigenvalue weighted by Gasteiger charge is 2.36. The van der Waals surface area contributed by atoms with Crippen molar-refractivity contribution in [3.63, 3.8) is 0 Å². The molecule has 9 nitrogen and oxygen atoms in total. The number of benzene rings is 1. The number of carbonyl (C=O) groups is 2. The van der Waals surface area contributed by atoms with Gasteiger partial charge in [0, 0.05) is 30.4 Å². The molecule has 0 bridgehead atoms. The molecular weight excluding hydrogens is 487 g/mol. The van der Waals surface area contributed by atoms with Crippen molar-refractivity contribution in [1.82, 2.24) is 15.2 Å². The van der Waals surface area contributed by atoms with Gasteiger partial charge in [-0.25, -0.2) is 14.2 Å². The average molecular weight is 509 g/mol. The molecule has 0 radical (unpaired) electrons. The Kier molecular flexibility index (Phi) is 7.57. The summed E-state index contributed by atoms with van der Waals surface area (Å²) < 4.78 is 25.0. The highest BCUT2D eigenvalue weighted by atomic mass is 35.5. The Hall–Kier alpha value is -2.86. The Balaban J connectivity index is 1.82. The SMILES string of the molecule is CCOC(=O)C1=C(CN2CCOC[C@H]2C(=O)O)NC(c2nccs2)=NC1c1ccc(Cl)c(F)c1. The van der Waals surface area contributed by atoms with Crippen LogP contribution in [0.25, 0.3) is 0 Å². The van der Waals surface area contributed by atoms with Gasteiger partial charge in [0.1, 0.15) is 17.9 Å². The average Bonchev–Trinajstić information content (AvgIpc) is 3.36. The summed E-state index contributed by atoms with van der Waals surface area (Å²) >= 11 is 7.21. The largest absolute Gasteiger partial charge is 0.480 e. The van der Waals surface area contributed by atoms with Crippen molar-refractivity contribution in [2.75, 3.05) is 32.9 Å². The lowest BCUT2D eigenvalue weighted by atomic mass is 9.95. The third kappa shape index (κ3) is 5.12. The topological polar surface area (TPSA) is 113 Å². The number of aliphatic imine (C=N–C) groups is 1. The van der Waals surface area contributed by atoms with Crippen LogP contribution in [-0.2, 0) is 19.1 Å². The summed E-state index contributed by atoms with van der Waals surface area (Å²) in [6.45, 7) is 2.61. The molecule has 1 unspecified atom stereocenters. The van der Waals surface area contributed by atoms with E-state index in [0.717, 1.165) is 0 Å². The molecule has 12 heteroatoms. The number of hydrogen-bond acceptors (Lipinski definition) is 9. The van der Waals surface area contributed by atoms with E-state index in [0.29, 0.717) is 35.3 Å². The second-order valence-electron chi connectivity index (χ2n) is 7.53. The fourth-order valence-corrected chi connectivity index (χ4v) is 4.51. The first-order chi connectivity index (χ1) is 16.4. The Bertz CT molecular complexity index is 1140. The molecule has 180 valence electrons. The second-order valence-corrected chi connectivity index (χ2v) is 8.83. The molecule has 0 amide bonds. The van der Waals surface area contributed by atoms with E-state index < -0.39 is 29.8 Å². The van der Waals surface area contributed by atoms with Gasteiger partial charge in [-0.1, -0.05) is 17.7 Å². The fourth-order valence-electron chi connectivity index (χ4n) is 3.80. The Morgan fingerprint density at radius 2 is 2.26 bits per heavy atom. The minimum atomic E-state index is -1.03. The molecular formula is C22H22ClFN4O5S. The molecule has 1 aromatic heterocycles. The zero-order chi connectivity index (χ0) is 24.2. The highest BCUT2D eigenvalue weighted by Crippen LogP contribution is 2.34. The van der Waals surface area contributed by atoms with E-state index in [2.05, 4.69) is 15.3 Å². The first-order valence-corrected chi connectivity index (χ1v) is 11.8. The van der Waals surface area contributed by atoms with Crippen LogP contribution in [-0.4, -0.2) is 71.7 Å². The third-order valence-corrected chi connectivity index (χ3v) is 6.49. The van der Waals surface area contributed by atoms with Gasteiger partial charge in [0.05, 0.1) is 30.4 Å². The van der Waals surface area contributed by atoms with E-state index in [-0.39, 0.29) is 30.4 Å². The maximum Gasteiger partial charge on any atom is 0.338 e. The molecule has 0 saturated carbocycles. The fraction of sp³-hybridized carbons (Fsp3) is 0.364. The molecule has 2 N–H and O–H groups in total. The maximum absolute atomic E-state index is 14.4.